The van der Waals surface area contributed by atoms with Crippen LogP contribution in [0.5, 0.6) is 0 Å². The summed E-state index contributed by atoms with van der Waals surface area (Å²) in [6.45, 7) is 9.18. The van der Waals surface area contributed by atoms with Crippen molar-refractivity contribution in [3.05, 3.63) is 71.8 Å². The van der Waals surface area contributed by atoms with E-state index < -0.39 is 151 Å². The minimum atomic E-state index is -1.79. The van der Waals surface area contributed by atoms with E-state index in [1.165, 1.54) is 19.1 Å². The smallest absolute Gasteiger partial charge is 0.407 e. The molecular formula is C55H86N14O14. The van der Waals surface area contributed by atoms with Crippen LogP contribution in [-0.2, 0) is 54.5 Å². The predicted octanol–water partition coefficient (Wildman–Crippen LogP) is -3.06. The number of nitrogens with zero attached hydrogens (tertiary/aromatic N) is 1. The van der Waals surface area contributed by atoms with Crippen LogP contribution in [0.4, 0.5) is 4.79 Å². The fourth-order valence-electron chi connectivity index (χ4n) is 8.53. The number of nitrogens with one attached hydrogen (secondary N) is 10. The molecule has 28 nitrogen and oxygen atoms in total. The number of benzene rings is 2. The third kappa shape index (κ3) is 23.4. The molecule has 1 unspecified atom stereocenters. The Kier molecular flexibility index (Phi) is 29.3. The molecule has 2 aromatic rings. The summed E-state index contributed by atoms with van der Waals surface area (Å²) in [6.07, 6.45) is -3.93. The largest absolute Gasteiger partial charge is 0.445 e. The molecule has 0 aromatic heterocycles. The van der Waals surface area contributed by atoms with Gasteiger partial charge in [0.1, 0.15) is 54.9 Å². The van der Waals surface area contributed by atoms with Crippen LogP contribution in [0.25, 0.3) is 0 Å². The Morgan fingerprint density at radius 1 is 0.651 bits per heavy atom. The van der Waals surface area contributed by atoms with Crippen LogP contribution in [0.3, 0.4) is 0 Å². The van der Waals surface area contributed by atoms with Gasteiger partial charge in [0.2, 0.25) is 53.2 Å². The third-order valence-electron chi connectivity index (χ3n) is 13.5. The van der Waals surface area contributed by atoms with Crippen molar-refractivity contribution in [2.45, 2.75) is 160 Å². The van der Waals surface area contributed by atoms with E-state index in [0.29, 0.717) is 6.42 Å². The van der Waals surface area contributed by atoms with Crippen molar-refractivity contribution in [3.63, 3.8) is 0 Å². The first kappa shape index (κ1) is 69.3. The van der Waals surface area contributed by atoms with E-state index in [0.717, 1.165) is 5.56 Å². The van der Waals surface area contributed by atoms with Gasteiger partial charge in [-0.3, -0.25) is 48.1 Å². The van der Waals surface area contributed by atoms with Crippen molar-refractivity contribution in [2.24, 2.45) is 39.9 Å². The standard InChI is InChI=1S/C55H86N14O14/c1-8-31(6)41-52(80)67-42(32(7)71)51(79)61-26-39(72)62-35(21-16-24-60-55(82)83-28-33-17-11-9-12-18-33)46(74)65-38(27-70)49(77)68-43(34-19-13-10-14-20-34)40(56)50(78)69-44(45(73)30(4)5)53(81)64-37(25-29(2)3)48(76)63-36(47(75)66-41)22-15-23-59-54(57)58/h9-14,17-20,29-32,35-38,40-45,70-71,73H,8,15-16,21-28,56H2,1-7H3,(H,60,82)(H,61,79)(H,62,72)(H,63,76)(H,64,81)(H,65,74)(H,66,75)(H,67,80)(H,68,77)(H,69,78)(H4,57,58,59)/t31-,32-,35-,36+,37-,38?,40-,41-,42-,43+,44-,45+/m0/s1. The molecule has 0 saturated carbocycles. The molecule has 1 heterocycles. The van der Waals surface area contributed by atoms with Crippen molar-refractivity contribution < 1.29 is 68.0 Å². The molecule has 19 N–H and O–H groups in total. The molecule has 0 aliphatic carbocycles. The normalized spacial score (nSPS) is 24.5. The molecule has 83 heavy (non-hydrogen) atoms. The van der Waals surface area contributed by atoms with Crippen LogP contribution in [0, 0.1) is 17.8 Å². The zero-order valence-electron chi connectivity index (χ0n) is 48.1. The lowest BCUT2D eigenvalue weighted by atomic mass is 9.95. The molecule has 1 aliphatic heterocycles. The molecule has 10 amide bonds. The minimum absolute atomic E-state index is 0.0131. The van der Waals surface area contributed by atoms with E-state index >= 15 is 0 Å². The van der Waals surface area contributed by atoms with Gasteiger partial charge in [-0.2, -0.15) is 0 Å². The predicted molar refractivity (Wildman–Crippen MR) is 304 cm³/mol. The molecule has 1 aliphatic rings. The number of nitrogens with two attached hydrogens (primary N) is 3. The minimum Gasteiger partial charge on any atom is -0.445 e. The number of aliphatic imine (C=N–C) groups is 1. The number of aliphatic hydroxyl groups is 3. The van der Waals surface area contributed by atoms with Crippen LogP contribution in [0.1, 0.15) is 104 Å². The summed E-state index contributed by atoms with van der Waals surface area (Å²) in [4.78, 5) is 144. The maximum atomic E-state index is 14.4. The highest BCUT2D eigenvalue weighted by atomic mass is 16.5. The van der Waals surface area contributed by atoms with Crippen molar-refractivity contribution in [1.29, 1.82) is 0 Å². The Morgan fingerprint density at radius 3 is 1.77 bits per heavy atom. The van der Waals surface area contributed by atoms with E-state index in [-0.39, 0.29) is 69.2 Å². The van der Waals surface area contributed by atoms with Crippen LogP contribution < -0.4 is 70.4 Å². The van der Waals surface area contributed by atoms with Crippen molar-refractivity contribution in [3.8, 4) is 0 Å². The second kappa shape index (κ2) is 35.1. The van der Waals surface area contributed by atoms with Gasteiger partial charge >= 0.3 is 6.09 Å². The lowest BCUT2D eigenvalue weighted by molar-refractivity contribution is -0.138. The topological polar surface area (TPSA) is 451 Å². The van der Waals surface area contributed by atoms with Gasteiger partial charge in [-0.05, 0) is 67.9 Å². The van der Waals surface area contributed by atoms with Crippen molar-refractivity contribution in [2.75, 3.05) is 26.2 Å². The average Bonchev–Trinajstić information content (AvgIpc) is 3.66. The molecule has 28 heteroatoms. The van der Waals surface area contributed by atoms with E-state index in [1.54, 1.807) is 90.1 Å². The average molecular weight is 1170 g/mol. The van der Waals surface area contributed by atoms with E-state index in [4.69, 9.17) is 21.9 Å². The van der Waals surface area contributed by atoms with Gasteiger partial charge in [0, 0.05) is 13.1 Å². The molecule has 0 spiro atoms. The number of ether oxygens (including phenoxy) is 1. The highest BCUT2D eigenvalue weighted by molar-refractivity contribution is 5.98. The number of alkyl carbamates (subject to hydrolysis) is 1. The van der Waals surface area contributed by atoms with E-state index in [9.17, 15) is 63.3 Å². The fourth-order valence-corrected chi connectivity index (χ4v) is 8.53. The van der Waals surface area contributed by atoms with Crippen LogP contribution in [-0.4, -0.2) is 167 Å². The number of guanidine groups is 1. The lowest BCUT2D eigenvalue weighted by Gasteiger charge is -2.32. The first-order valence-electron chi connectivity index (χ1n) is 27.7. The van der Waals surface area contributed by atoms with Gasteiger partial charge in [-0.25, -0.2) is 4.79 Å². The molecule has 3 rings (SSSR count). The maximum Gasteiger partial charge on any atom is 0.407 e. The first-order valence-corrected chi connectivity index (χ1v) is 27.7. The summed E-state index contributed by atoms with van der Waals surface area (Å²) in [5, 5.41) is 58.0. The van der Waals surface area contributed by atoms with Gasteiger partial charge in [-0.1, -0.05) is 109 Å². The zero-order valence-corrected chi connectivity index (χ0v) is 48.1. The molecule has 460 valence electrons. The summed E-state index contributed by atoms with van der Waals surface area (Å²) in [5.74, 6) is -10.8. The van der Waals surface area contributed by atoms with Gasteiger partial charge in [0.05, 0.1) is 31.4 Å². The molecule has 1 saturated heterocycles. The molecule has 0 radical (unpaired) electrons. The maximum absolute atomic E-state index is 14.4. The molecule has 12 atom stereocenters. The third-order valence-corrected chi connectivity index (χ3v) is 13.5. The Morgan fingerprint density at radius 2 is 1.18 bits per heavy atom. The molecule has 2 aromatic carbocycles. The van der Waals surface area contributed by atoms with Crippen molar-refractivity contribution >= 4 is 65.2 Å². The first-order chi connectivity index (χ1) is 39.3. The summed E-state index contributed by atoms with van der Waals surface area (Å²) in [7, 11) is 0. The van der Waals surface area contributed by atoms with E-state index in [2.05, 4.69) is 58.2 Å². The summed E-state index contributed by atoms with van der Waals surface area (Å²) < 4.78 is 5.25. The number of aliphatic hydroxyl groups excluding tert-OH is 3. The summed E-state index contributed by atoms with van der Waals surface area (Å²) in [5.41, 5.74) is 18.6. The van der Waals surface area contributed by atoms with Gasteiger partial charge in [-0.15, -0.1) is 0 Å². The number of carbonyl (C=O) groups is 10. The van der Waals surface area contributed by atoms with Gasteiger partial charge in [0.15, 0.2) is 5.96 Å². The zero-order chi connectivity index (χ0) is 61.9. The Balaban J connectivity index is 2.15. The lowest BCUT2D eigenvalue weighted by Crippen LogP contribution is -2.63. The van der Waals surface area contributed by atoms with E-state index in [1.807, 2.05) is 0 Å². The number of amides is 10. The van der Waals surface area contributed by atoms with Gasteiger partial charge in [0.25, 0.3) is 0 Å². The summed E-state index contributed by atoms with van der Waals surface area (Å²) >= 11 is 0. The second-order valence-corrected chi connectivity index (χ2v) is 21.2. The number of carbonyl (C=O) groups excluding carboxylic acids is 10. The highest BCUT2D eigenvalue weighted by Gasteiger charge is 2.40. The number of hydrogen-bond acceptors (Lipinski definition) is 16. The summed E-state index contributed by atoms with van der Waals surface area (Å²) in [6, 6.07) is 2.41. The highest BCUT2D eigenvalue weighted by Crippen LogP contribution is 2.19. The van der Waals surface area contributed by atoms with Crippen LogP contribution in [0.2, 0.25) is 0 Å². The Bertz CT molecular complexity index is 2500. The van der Waals surface area contributed by atoms with Crippen LogP contribution in [0.15, 0.2) is 65.7 Å². The Hall–Kier alpha value is -7.95. The van der Waals surface area contributed by atoms with Crippen LogP contribution >= 0.6 is 0 Å². The molecule has 0 bridgehead atoms. The second-order valence-electron chi connectivity index (χ2n) is 21.2. The van der Waals surface area contributed by atoms with Gasteiger partial charge < -0.3 is 90.4 Å². The van der Waals surface area contributed by atoms with Crippen molar-refractivity contribution in [1.82, 2.24) is 53.2 Å². The Labute approximate surface area is 483 Å². The monoisotopic (exact) mass is 1170 g/mol. The number of rotatable bonds is 19. The SMILES string of the molecule is CC[C@H](C)[C@@H]1NC(=O)[C@@H](CCCN=C(N)N)NC(=O)[C@H](CC(C)C)NC(=O)[C@H]([C@H](O)C(C)C)NC(=O)[C@@H](N)[C@@H](c2ccccc2)NC(=O)C(CO)NC(=O)[C@H](CCCNC(=O)OCc2ccccc2)NC(=O)CNC(=O)[C@H]([C@H](C)O)NC1=O. The molecular weight excluding hydrogens is 1080 g/mol. The quantitative estimate of drug-likeness (QED) is 0.0377. The molecule has 1 fully saturated rings. The fraction of sp³-hybridized carbons (Fsp3) is 0.582. The number of hydrogen-bond donors (Lipinski definition) is 16.